The van der Waals surface area contributed by atoms with E-state index in [9.17, 15) is 13.2 Å². The monoisotopic (exact) mass is 484 g/mol. The van der Waals surface area contributed by atoms with Crippen molar-refractivity contribution in [2.24, 2.45) is 0 Å². The molecule has 9 heteroatoms. The topological polar surface area (TPSA) is 50.3 Å². The molecular formula is C25H23F3N4OS. The molecule has 176 valence electrons. The summed E-state index contributed by atoms with van der Waals surface area (Å²) < 4.78 is 41.0. The molecule has 0 spiro atoms. The van der Waals surface area contributed by atoms with Crippen molar-refractivity contribution in [3.05, 3.63) is 77.4 Å². The van der Waals surface area contributed by atoms with E-state index >= 15 is 0 Å². The molecule has 1 saturated heterocycles. The Labute approximate surface area is 199 Å². The molecule has 34 heavy (non-hydrogen) atoms. The molecule has 5 rings (SSSR count). The Bertz CT molecular complexity index is 1230. The summed E-state index contributed by atoms with van der Waals surface area (Å²) in [5.41, 5.74) is 3.40. The number of halogens is 3. The van der Waals surface area contributed by atoms with Crippen LogP contribution in [0.2, 0.25) is 0 Å². The van der Waals surface area contributed by atoms with Gasteiger partial charge in [-0.1, -0.05) is 24.3 Å². The van der Waals surface area contributed by atoms with E-state index in [1.165, 1.54) is 23.4 Å². The van der Waals surface area contributed by atoms with E-state index in [2.05, 4.69) is 49.2 Å². The standard InChI is InChI=1S/C25H23F3N4OS/c26-25(27,28)33-21-7-3-18(4-8-21)19-9-12-32(13-10-19)20-5-1-17(2-6-20)15-29-23-22-11-14-34-24(22)31-16-30-23/h1-8,11,14,16,19H,9-10,12-13,15H2,(H,29,30,31). The summed E-state index contributed by atoms with van der Waals surface area (Å²) in [7, 11) is 0. The van der Waals surface area contributed by atoms with Crippen LogP contribution in [-0.2, 0) is 6.54 Å². The second-order valence-electron chi connectivity index (χ2n) is 8.26. The van der Waals surface area contributed by atoms with Crippen molar-refractivity contribution < 1.29 is 17.9 Å². The van der Waals surface area contributed by atoms with Gasteiger partial charge in [0.2, 0.25) is 0 Å². The minimum Gasteiger partial charge on any atom is -0.406 e. The van der Waals surface area contributed by atoms with Crippen molar-refractivity contribution in [2.75, 3.05) is 23.3 Å². The third-order valence-electron chi connectivity index (χ3n) is 6.10. The first kappa shape index (κ1) is 22.5. The lowest BCUT2D eigenvalue weighted by atomic mass is 9.89. The Morgan fingerprint density at radius 2 is 1.71 bits per heavy atom. The van der Waals surface area contributed by atoms with Crippen LogP contribution in [0.5, 0.6) is 5.75 Å². The van der Waals surface area contributed by atoms with Crippen molar-refractivity contribution >= 4 is 33.1 Å². The van der Waals surface area contributed by atoms with E-state index in [0.717, 1.165) is 47.5 Å². The summed E-state index contributed by atoms with van der Waals surface area (Å²) in [6.45, 7) is 2.48. The number of piperidine rings is 1. The normalized spacial score (nSPS) is 15.0. The summed E-state index contributed by atoms with van der Waals surface area (Å²) in [6, 6.07) is 16.8. The first-order chi connectivity index (χ1) is 16.4. The summed E-state index contributed by atoms with van der Waals surface area (Å²) in [6.07, 6.45) is -1.18. The third kappa shape index (κ3) is 5.25. The van der Waals surface area contributed by atoms with E-state index in [1.807, 2.05) is 11.4 Å². The summed E-state index contributed by atoms with van der Waals surface area (Å²) in [5.74, 6) is 1.000. The Balaban J connectivity index is 1.14. The van der Waals surface area contributed by atoms with Crippen LogP contribution in [0, 0.1) is 0 Å². The highest BCUT2D eigenvalue weighted by molar-refractivity contribution is 7.16. The lowest BCUT2D eigenvalue weighted by molar-refractivity contribution is -0.274. The number of fused-ring (bicyclic) bond motifs is 1. The number of alkyl halides is 3. The van der Waals surface area contributed by atoms with Gasteiger partial charge in [0.15, 0.2) is 0 Å². The van der Waals surface area contributed by atoms with Crippen LogP contribution in [-0.4, -0.2) is 29.4 Å². The number of hydrogen-bond donors (Lipinski definition) is 1. The maximum absolute atomic E-state index is 12.4. The molecule has 0 saturated carbocycles. The molecule has 0 aliphatic carbocycles. The van der Waals surface area contributed by atoms with Crippen molar-refractivity contribution in [1.82, 2.24) is 9.97 Å². The number of ether oxygens (including phenoxy) is 1. The molecule has 1 N–H and O–H groups in total. The Morgan fingerprint density at radius 3 is 2.41 bits per heavy atom. The molecule has 2 aromatic heterocycles. The Morgan fingerprint density at radius 1 is 0.971 bits per heavy atom. The van der Waals surface area contributed by atoms with Gasteiger partial charge in [-0.3, -0.25) is 0 Å². The molecule has 1 fully saturated rings. The zero-order valence-corrected chi connectivity index (χ0v) is 19.1. The second kappa shape index (κ2) is 9.50. The SMILES string of the molecule is FC(F)(F)Oc1ccc(C2CCN(c3ccc(CNc4ncnc5sccc45)cc3)CC2)cc1. The molecule has 2 aromatic carbocycles. The van der Waals surface area contributed by atoms with Gasteiger partial charge >= 0.3 is 6.36 Å². The first-order valence-electron chi connectivity index (χ1n) is 11.1. The van der Waals surface area contributed by atoms with E-state index in [0.29, 0.717) is 12.5 Å². The summed E-state index contributed by atoms with van der Waals surface area (Å²) >= 11 is 1.60. The van der Waals surface area contributed by atoms with Crippen molar-refractivity contribution in [3.63, 3.8) is 0 Å². The molecule has 0 bridgehead atoms. The molecule has 4 aromatic rings. The fourth-order valence-electron chi connectivity index (χ4n) is 4.35. The van der Waals surface area contributed by atoms with Gasteiger partial charge < -0.3 is 15.0 Å². The molecule has 1 aliphatic rings. The predicted octanol–water partition coefficient (Wildman–Crippen LogP) is 6.59. The molecule has 3 heterocycles. The van der Waals surface area contributed by atoms with Crippen LogP contribution in [0.15, 0.2) is 66.3 Å². The van der Waals surface area contributed by atoms with Crippen LogP contribution in [0.4, 0.5) is 24.7 Å². The van der Waals surface area contributed by atoms with E-state index in [-0.39, 0.29) is 5.75 Å². The highest BCUT2D eigenvalue weighted by Crippen LogP contribution is 2.32. The number of anilines is 2. The molecule has 5 nitrogen and oxygen atoms in total. The minimum atomic E-state index is -4.66. The third-order valence-corrected chi connectivity index (χ3v) is 6.92. The van der Waals surface area contributed by atoms with Gasteiger partial charge in [-0.15, -0.1) is 24.5 Å². The van der Waals surface area contributed by atoms with E-state index in [4.69, 9.17) is 0 Å². The zero-order valence-electron chi connectivity index (χ0n) is 18.3. The van der Waals surface area contributed by atoms with E-state index < -0.39 is 6.36 Å². The largest absolute Gasteiger partial charge is 0.573 e. The second-order valence-corrected chi connectivity index (χ2v) is 9.15. The van der Waals surface area contributed by atoms with E-state index in [1.54, 1.807) is 29.8 Å². The molecule has 1 aliphatic heterocycles. The predicted molar refractivity (Wildman–Crippen MR) is 128 cm³/mol. The smallest absolute Gasteiger partial charge is 0.406 e. The van der Waals surface area contributed by atoms with Crippen molar-refractivity contribution in [2.45, 2.75) is 31.7 Å². The fourth-order valence-corrected chi connectivity index (χ4v) is 5.09. The lowest BCUT2D eigenvalue weighted by Gasteiger charge is -2.34. The van der Waals surface area contributed by atoms with Crippen molar-refractivity contribution in [1.29, 1.82) is 0 Å². The maximum Gasteiger partial charge on any atom is 0.573 e. The first-order valence-corrected chi connectivity index (χ1v) is 11.9. The average molecular weight is 485 g/mol. The molecule has 0 radical (unpaired) electrons. The van der Waals surface area contributed by atoms with Crippen LogP contribution in [0.25, 0.3) is 10.2 Å². The Kier molecular flexibility index (Phi) is 6.28. The average Bonchev–Trinajstić information content (AvgIpc) is 3.32. The van der Waals surface area contributed by atoms with Crippen molar-refractivity contribution in [3.8, 4) is 5.75 Å². The van der Waals surface area contributed by atoms with Gasteiger partial charge in [-0.25, -0.2) is 9.97 Å². The van der Waals surface area contributed by atoms with Crippen LogP contribution in [0.3, 0.4) is 0 Å². The highest BCUT2D eigenvalue weighted by Gasteiger charge is 2.31. The number of benzene rings is 2. The lowest BCUT2D eigenvalue weighted by Crippen LogP contribution is -2.32. The molecule has 0 atom stereocenters. The van der Waals surface area contributed by atoms with Crippen LogP contribution in [0.1, 0.15) is 29.9 Å². The maximum atomic E-state index is 12.4. The minimum absolute atomic E-state index is 0.178. The highest BCUT2D eigenvalue weighted by atomic mass is 32.1. The zero-order chi connectivity index (χ0) is 23.5. The molecule has 0 unspecified atom stereocenters. The number of nitrogens with one attached hydrogen (secondary N) is 1. The number of hydrogen-bond acceptors (Lipinski definition) is 6. The molecular weight excluding hydrogens is 461 g/mol. The van der Waals surface area contributed by atoms with Gasteiger partial charge in [0.05, 0.1) is 5.39 Å². The van der Waals surface area contributed by atoms with Gasteiger partial charge in [-0.05, 0) is 65.6 Å². The Hall–Kier alpha value is -3.33. The van der Waals surface area contributed by atoms with Gasteiger partial charge in [0.1, 0.15) is 22.7 Å². The fraction of sp³-hybridized carbons (Fsp3) is 0.280. The van der Waals surface area contributed by atoms with Crippen LogP contribution >= 0.6 is 11.3 Å². The summed E-state index contributed by atoms with van der Waals surface area (Å²) in [4.78, 5) is 12.0. The van der Waals surface area contributed by atoms with Gasteiger partial charge in [0, 0.05) is 25.3 Å². The number of rotatable bonds is 6. The van der Waals surface area contributed by atoms with Gasteiger partial charge in [-0.2, -0.15) is 0 Å². The number of thiophene rings is 1. The quantitative estimate of drug-likeness (QED) is 0.335. The number of aromatic nitrogens is 2. The number of nitrogens with zero attached hydrogens (tertiary/aromatic N) is 3. The van der Waals surface area contributed by atoms with Gasteiger partial charge in [0.25, 0.3) is 0 Å². The molecule has 0 amide bonds. The van der Waals surface area contributed by atoms with Crippen LogP contribution < -0.4 is 15.0 Å². The summed E-state index contributed by atoms with van der Waals surface area (Å²) in [5, 5.41) is 6.45.